The smallest absolute Gasteiger partial charge is 0.330 e. The number of hydrogen-bond acceptors (Lipinski definition) is 6. The van der Waals surface area contributed by atoms with Crippen LogP contribution in [-0.4, -0.2) is 46.9 Å². The minimum Gasteiger partial charge on any atom is -0.463 e. The van der Waals surface area contributed by atoms with Crippen molar-refractivity contribution in [2.24, 2.45) is 5.92 Å². The third-order valence-electron chi connectivity index (χ3n) is 4.84. The van der Waals surface area contributed by atoms with Crippen molar-refractivity contribution < 1.29 is 23.9 Å². The molecule has 0 saturated heterocycles. The zero-order valence-corrected chi connectivity index (χ0v) is 19.8. The maximum atomic E-state index is 12.7. The lowest BCUT2D eigenvalue weighted by molar-refractivity contribution is -0.137. The van der Waals surface area contributed by atoms with Crippen LogP contribution < -0.4 is 21.5 Å². The highest BCUT2D eigenvalue weighted by atomic mass is 16.5. The summed E-state index contributed by atoms with van der Waals surface area (Å²) in [6, 6.07) is 2.01. The maximum Gasteiger partial charge on any atom is 0.330 e. The second kappa shape index (κ2) is 13.9. The number of nitrogens with one attached hydrogen (secondary N) is 3. The molecule has 0 saturated carbocycles. The molecule has 0 bridgehead atoms. The summed E-state index contributed by atoms with van der Waals surface area (Å²) >= 11 is 0. The van der Waals surface area contributed by atoms with E-state index in [1.807, 2.05) is 20.8 Å². The highest BCUT2D eigenvalue weighted by Gasteiger charge is 2.20. The molecule has 0 fully saturated rings. The van der Waals surface area contributed by atoms with Gasteiger partial charge in [-0.1, -0.05) is 19.9 Å². The fourth-order valence-electron chi connectivity index (χ4n) is 2.74. The minimum absolute atomic E-state index is 0.00961. The first-order valence-corrected chi connectivity index (χ1v) is 10.9. The van der Waals surface area contributed by atoms with Crippen LogP contribution in [0.15, 0.2) is 35.3 Å². The fourth-order valence-corrected chi connectivity index (χ4v) is 2.74. The Hall–Kier alpha value is -3.43. The lowest BCUT2D eigenvalue weighted by atomic mass is 10.1. The predicted molar refractivity (Wildman–Crippen MR) is 124 cm³/mol. The number of pyridine rings is 1. The first-order chi connectivity index (χ1) is 15.5. The van der Waals surface area contributed by atoms with Crippen LogP contribution in [0, 0.1) is 5.92 Å². The molecule has 1 rings (SSSR count). The van der Waals surface area contributed by atoms with Crippen LogP contribution in [0.2, 0.25) is 0 Å². The van der Waals surface area contributed by atoms with Crippen molar-refractivity contribution in [3.8, 4) is 0 Å². The van der Waals surface area contributed by atoms with Crippen molar-refractivity contribution in [1.82, 2.24) is 15.2 Å². The van der Waals surface area contributed by atoms with Gasteiger partial charge in [0.2, 0.25) is 17.7 Å². The van der Waals surface area contributed by atoms with E-state index in [4.69, 9.17) is 4.74 Å². The molecule has 2 unspecified atom stereocenters. The summed E-state index contributed by atoms with van der Waals surface area (Å²) in [5.74, 6) is -1.55. The van der Waals surface area contributed by atoms with Gasteiger partial charge >= 0.3 is 5.97 Å². The Kier molecular flexibility index (Phi) is 11.6. The Morgan fingerprint density at radius 2 is 1.85 bits per heavy atom. The van der Waals surface area contributed by atoms with Gasteiger partial charge in [0.15, 0.2) is 0 Å². The van der Waals surface area contributed by atoms with Gasteiger partial charge < -0.3 is 25.3 Å². The number of hydrogen-bond donors (Lipinski definition) is 3. The lowest BCUT2D eigenvalue weighted by Crippen LogP contribution is -2.44. The van der Waals surface area contributed by atoms with Crippen LogP contribution in [0.5, 0.6) is 0 Å². The van der Waals surface area contributed by atoms with Crippen LogP contribution in [0.1, 0.15) is 47.5 Å². The van der Waals surface area contributed by atoms with Crippen LogP contribution in [-0.2, 0) is 30.5 Å². The second-order valence-electron chi connectivity index (χ2n) is 7.93. The van der Waals surface area contributed by atoms with Crippen LogP contribution in [0.25, 0.3) is 0 Å². The van der Waals surface area contributed by atoms with Gasteiger partial charge in [0.05, 0.1) is 6.61 Å². The average Bonchev–Trinajstić information content (AvgIpc) is 2.72. The molecule has 0 radical (unpaired) electrons. The average molecular weight is 463 g/mol. The van der Waals surface area contributed by atoms with E-state index in [0.29, 0.717) is 6.42 Å². The normalized spacial score (nSPS) is 12.8. The molecule has 1 aromatic heterocycles. The van der Waals surface area contributed by atoms with E-state index in [1.165, 1.54) is 29.8 Å². The van der Waals surface area contributed by atoms with Crippen molar-refractivity contribution in [2.75, 3.05) is 11.9 Å². The Bertz CT molecular complexity index is 922. The number of anilines is 1. The summed E-state index contributed by atoms with van der Waals surface area (Å²) in [7, 11) is 0. The summed E-state index contributed by atoms with van der Waals surface area (Å²) < 4.78 is 5.99. The molecule has 0 aliphatic rings. The summed E-state index contributed by atoms with van der Waals surface area (Å²) in [5.41, 5.74) is -0.549. The molecule has 1 aromatic rings. The number of aromatic nitrogens is 1. The third-order valence-corrected chi connectivity index (χ3v) is 4.84. The molecule has 3 amide bonds. The van der Waals surface area contributed by atoms with Crippen LogP contribution in [0.3, 0.4) is 0 Å². The zero-order chi connectivity index (χ0) is 25.0. The fraction of sp³-hybridized carbons (Fsp3) is 0.522. The largest absolute Gasteiger partial charge is 0.463 e. The minimum atomic E-state index is -0.919. The van der Waals surface area contributed by atoms with Crippen molar-refractivity contribution >= 4 is 29.4 Å². The van der Waals surface area contributed by atoms with Gasteiger partial charge in [0.1, 0.15) is 18.3 Å². The van der Waals surface area contributed by atoms with Gasteiger partial charge in [-0.3, -0.25) is 19.2 Å². The molecule has 0 aromatic carbocycles. The molecular weight excluding hydrogens is 428 g/mol. The number of esters is 1. The number of allylic oxidation sites excluding steroid dienone is 1. The summed E-state index contributed by atoms with van der Waals surface area (Å²) in [5, 5.41) is 7.89. The van der Waals surface area contributed by atoms with Gasteiger partial charge in [-0.25, -0.2) is 4.79 Å². The van der Waals surface area contributed by atoms with Crippen LogP contribution >= 0.6 is 0 Å². The molecule has 10 nitrogen and oxygen atoms in total. The van der Waals surface area contributed by atoms with Gasteiger partial charge in [-0.15, -0.1) is 0 Å². The van der Waals surface area contributed by atoms with E-state index in [2.05, 4.69) is 16.0 Å². The van der Waals surface area contributed by atoms with E-state index in [9.17, 15) is 24.0 Å². The van der Waals surface area contributed by atoms with Gasteiger partial charge in [-0.2, -0.15) is 0 Å². The van der Waals surface area contributed by atoms with Crippen molar-refractivity contribution in [3.63, 3.8) is 0 Å². The molecule has 1 heterocycles. The Balaban J connectivity index is 2.85. The Labute approximate surface area is 193 Å². The van der Waals surface area contributed by atoms with Crippen molar-refractivity contribution in [3.05, 3.63) is 40.8 Å². The van der Waals surface area contributed by atoms with Gasteiger partial charge in [0.25, 0.3) is 5.56 Å². The summed E-state index contributed by atoms with van der Waals surface area (Å²) in [4.78, 5) is 60.5. The predicted octanol–water partition coefficient (Wildman–Crippen LogP) is 1.35. The molecule has 0 aliphatic carbocycles. The number of carbonyl (C=O) groups excluding carboxylic acids is 4. The molecule has 10 heteroatoms. The van der Waals surface area contributed by atoms with E-state index in [1.54, 1.807) is 19.1 Å². The SMILES string of the molecule is CCOC(=O)/C=C/CCC(NC(C)=O)C(=O)Nc1cccn(CC(=O)NC(C)C(C)C)c1=O. The van der Waals surface area contributed by atoms with E-state index >= 15 is 0 Å². The molecule has 3 N–H and O–H groups in total. The second-order valence-corrected chi connectivity index (χ2v) is 7.93. The molecule has 0 spiro atoms. The number of nitrogens with zero attached hydrogens (tertiary/aromatic N) is 1. The van der Waals surface area contributed by atoms with Gasteiger partial charge in [-0.05, 0) is 44.7 Å². The van der Waals surface area contributed by atoms with Gasteiger partial charge in [0, 0.05) is 25.2 Å². The summed E-state index contributed by atoms with van der Waals surface area (Å²) in [6.07, 6.45) is 4.80. The highest BCUT2D eigenvalue weighted by molar-refractivity contribution is 5.96. The van der Waals surface area contributed by atoms with Crippen molar-refractivity contribution in [1.29, 1.82) is 0 Å². The first-order valence-electron chi connectivity index (χ1n) is 10.9. The third kappa shape index (κ3) is 10.2. The lowest BCUT2D eigenvalue weighted by Gasteiger charge is -2.18. The van der Waals surface area contributed by atoms with E-state index < -0.39 is 29.4 Å². The molecule has 33 heavy (non-hydrogen) atoms. The number of amides is 3. The number of ether oxygens (including phenoxy) is 1. The summed E-state index contributed by atoms with van der Waals surface area (Å²) in [6.45, 7) is 8.88. The Morgan fingerprint density at radius 3 is 2.45 bits per heavy atom. The van der Waals surface area contributed by atoms with E-state index in [-0.39, 0.29) is 43.1 Å². The topological polar surface area (TPSA) is 136 Å². The number of carbonyl (C=O) groups is 4. The molecule has 0 aliphatic heterocycles. The highest BCUT2D eigenvalue weighted by Crippen LogP contribution is 2.06. The van der Waals surface area contributed by atoms with Crippen LogP contribution in [0.4, 0.5) is 5.69 Å². The standard InChI is InChI=1S/C23H34N4O6/c1-6-33-21(30)12-8-7-10-18(25-17(5)28)22(31)26-19-11-9-13-27(23(19)32)14-20(29)24-16(4)15(2)3/h8-9,11-13,15-16,18H,6-7,10,14H2,1-5H3,(H,24,29)(H,25,28)(H,26,31)/b12-8+. The molecule has 2 atom stereocenters. The molecular formula is C23H34N4O6. The van der Waals surface area contributed by atoms with Crippen molar-refractivity contribution in [2.45, 2.75) is 66.1 Å². The monoisotopic (exact) mass is 462 g/mol. The quantitative estimate of drug-likeness (QED) is 0.317. The Morgan fingerprint density at radius 1 is 1.15 bits per heavy atom. The number of rotatable bonds is 12. The maximum absolute atomic E-state index is 12.7. The van der Waals surface area contributed by atoms with E-state index in [0.717, 1.165) is 0 Å². The first kappa shape index (κ1) is 27.6. The molecule has 182 valence electrons. The zero-order valence-electron chi connectivity index (χ0n) is 19.8.